The third-order valence-corrected chi connectivity index (χ3v) is 2.88. The van der Waals surface area contributed by atoms with Crippen LogP contribution in [0.5, 0.6) is 6.01 Å². The highest BCUT2D eigenvalue weighted by molar-refractivity contribution is 7.99. The summed E-state index contributed by atoms with van der Waals surface area (Å²) < 4.78 is 5.29. The molecule has 0 aliphatic carbocycles. The molecule has 0 fully saturated rings. The normalized spacial score (nSPS) is 10.4. The van der Waals surface area contributed by atoms with E-state index >= 15 is 0 Å². The number of H-pyrrole nitrogens is 1. The standard InChI is InChI=1S/C11H15N7O2S/c1-3-13-8-16-9(20-4-2)18-11(17-8)21-10-14-6(12)5-7(19)15-10/h5H,3-4H2,1-2H3,(H3,12,14,15,19)(H,13,16,17,18). The molecule has 10 heteroatoms. The van der Waals surface area contributed by atoms with Crippen molar-refractivity contribution in [3.63, 3.8) is 0 Å². The van der Waals surface area contributed by atoms with Crippen molar-refractivity contribution in [3.05, 3.63) is 16.4 Å². The number of rotatable bonds is 6. The first-order valence-corrected chi connectivity index (χ1v) is 7.09. The molecular formula is C11H15N7O2S. The number of nitrogens with zero attached hydrogens (tertiary/aromatic N) is 4. The number of aromatic nitrogens is 5. The molecule has 0 spiro atoms. The van der Waals surface area contributed by atoms with Gasteiger partial charge in [0.1, 0.15) is 5.82 Å². The summed E-state index contributed by atoms with van der Waals surface area (Å²) in [7, 11) is 0. The molecule has 0 bridgehead atoms. The van der Waals surface area contributed by atoms with E-state index in [9.17, 15) is 4.79 Å². The third-order valence-electron chi connectivity index (χ3n) is 2.13. The number of anilines is 2. The fourth-order valence-electron chi connectivity index (χ4n) is 1.40. The molecule has 112 valence electrons. The SMILES string of the molecule is CCNc1nc(OCC)nc(Sc2nc(N)cc(=O)[nH]2)n1. The van der Waals surface area contributed by atoms with Gasteiger partial charge in [0.25, 0.3) is 5.56 Å². The first kappa shape index (κ1) is 15.0. The van der Waals surface area contributed by atoms with Crippen LogP contribution >= 0.6 is 11.8 Å². The van der Waals surface area contributed by atoms with Crippen molar-refractivity contribution >= 4 is 23.5 Å². The molecule has 0 atom stereocenters. The van der Waals surface area contributed by atoms with Crippen LogP contribution in [0.2, 0.25) is 0 Å². The van der Waals surface area contributed by atoms with Crippen LogP contribution in [0.15, 0.2) is 21.2 Å². The number of hydrogen-bond donors (Lipinski definition) is 3. The smallest absolute Gasteiger partial charge is 0.322 e. The van der Waals surface area contributed by atoms with Gasteiger partial charge < -0.3 is 20.8 Å². The van der Waals surface area contributed by atoms with Gasteiger partial charge in [-0.3, -0.25) is 4.79 Å². The van der Waals surface area contributed by atoms with Gasteiger partial charge in [0.2, 0.25) is 11.1 Å². The second-order valence-electron chi connectivity index (χ2n) is 3.76. The maximum atomic E-state index is 11.4. The van der Waals surface area contributed by atoms with Crippen LogP contribution in [0.25, 0.3) is 0 Å². The lowest BCUT2D eigenvalue weighted by Gasteiger charge is -2.07. The highest BCUT2D eigenvalue weighted by Gasteiger charge is 2.10. The van der Waals surface area contributed by atoms with Crippen molar-refractivity contribution in [3.8, 4) is 6.01 Å². The van der Waals surface area contributed by atoms with Crippen LogP contribution in [0.3, 0.4) is 0 Å². The Kier molecular flexibility index (Phi) is 4.93. The summed E-state index contributed by atoms with van der Waals surface area (Å²) in [6.07, 6.45) is 0. The summed E-state index contributed by atoms with van der Waals surface area (Å²) in [6.45, 7) is 4.86. The van der Waals surface area contributed by atoms with Crippen molar-refractivity contribution in [2.24, 2.45) is 0 Å². The van der Waals surface area contributed by atoms with E-state index in [1.54, 1.807) is 0 Å². The van der Waals surface area contributed by atoms with Crippen molar-refractivity contribution in [2.45, 2.75) is 24.2 Å². The highest BCUT2D eigenvalue weighted by Crippen LogP contribution is 2.23. The molecule has 4 N–H and O–H groups in total. The number of nitrogen functional groups attached to an aromatic ring is 1. The summed E-state index contributed by atoms with van der Waals surface area (Å²) in [5.74, 6) is 0.525. The molecule has 0 saturated heterocycles. The Hall–Kier alpha value is -2.36. The highest BCUT2D eigenvalue weighted by atomic mass is 32.2. The molecule has 2 aromatic rings. The Balaban J connectivity index is 2.31. The molecule has 0 amide bonds. The molecule has 0 saturated carbocycles. The summed E-state index contributed by atoms with van der Waals surface area (Å²) in [4.78, 5) is 30.4. The molecule has 0 radical (unpaired) electrons. The number of aromatic amines is 1. The van der Waals surface area contributed by atoms with Crippen LogP contribution in [0.4, 0.5) is 11.8 Å². The Morgan fingerprint density at radius 1 is 1.33 bits per heavy atom. The van der Waals surface area contributed by atoms with Crippen LogP contribution in [0.1, 0.15) is 13.8 Å². The largest absolute Gasteiger partial charge is 0.464 e. The van der Waals surface area contributed by atoms with Gasteiger partial charge in [-0.2, -0.15) is 15.0 Å². The second kappa shape index (κ2) is 6.88. The van der Waals surface area contributed by atoms with E-state index in [0.717, 1.165) is 11.8 Å². The zero-order chi connectivity index (χ0) is 15.2. The first-order valence-electron chi connectivity index (χ1n) is 6.28. The van der Waals surface area contributed by atoms with Crippen LogP contribution in [-0.2, 0) is 0 Å². The van der Waals surface area contributed by atoms with Crippen molar-refractivity contribution < 1.29 is 4.74 Å². The zero-order valence-electron chi connectivity index (χ0n) is 11.6. The predicted octanol–water partition coefficient (Wildman–Crippen LogP) is 0.519. The fourth-order valence-corrected chi connectivity index (χ4v) is 2.13. The molecular weight excluding hydrogens is 294 g/mol. The lowest BCUT2D eigenvalue weighted by molar-refractivity contribution is 0.308. The van der Waals surface area contributed by atoms with E-state index in [0.29, 0.717) is 29.4 Å². The number of nitrogens with two attached hydrogens (primary N) is 1. The average Bonchev–Trinajstić information content (AvgIpc) is 2.37. The summed E-state index contributed by atoms with van der Waals surface area (Å²) in [6, 6.07) is 1.41. The van der Waals surface area contributed by atoms with Crippen LogP contribution in [0, 0.1) is 0 Å². The van der Waals surface area contributed by atoms with Gasteiger partial charge in [0.15, 0.2) is 5.16 Å². The lowest BCUT2D eigenvalue weighted by Crippen LogP contribution is -2.10. The molecule has 2 aromatic heterocycles. The monoisotopic (exact) mass is 309 g/mol. The summed E-state index contributed by atoms with van der Waals surface area (Å²) in [5.41, 5.74) is 5.20. The molecule has 2 rings (SSSR count). The van der Waals surface area contributed by atoms with Crippen molar-refractivity contribution in [2.75, 3.05) is 24.2 Å². The summed E-state index contributed by atoms with van der Waals surface area (Å²) >= 11 is 1.07. The van der Waals surface area contributed by atoms with E-state index in [1.165, 1.54) is 6.07 Å². The van der Waals surface area contributed by atoms with Crippen molar-refractivity contribution in [1.29, 1.82) is 0 Å². The number of ether oxygens (including phenoxy) is 1. The van der Waals surface area contributed by atoms with Crippen molar-refractivity contribution in [1.82, 2.24) is 24.9 Å². The minimum atomic E-state index is -0.337. The third kappa shape index (κ3) is 4.31. The van der Waals surface area contributed by atoms with Gasteiger partial charge in [-0.25, -0.2) is 4.98 Å². The Morgan fingerprint density at radius 2 is 2.14 bits per heavy atom. The molecule has 0 aliphatic heterocycles. The van der Waals surface area contributed by atoms with Gasteiger partial charge in [0, 0.05) is 12.6 Å². The Morgan fingerprint density at radius 3 is 2.81 bits per heavy atom. The molecule has 0 aliphatic rings. The van der Waals surface area contributed by atoms with Crippen LogP contribution in [-0.4, -0.2) is 38.1 Å². The fraction of sp³-hybridized carbons (Fsp3) is 0.364. The maximum absolute atomic E-state index is 11.4. The zero-order valence-corrected chi connectivity index (χ0v) is 12.4. The molecule has 0 unspecified atom stereocenters. The van der Waals surface area contributed by atoms with Gasteiger partial charge in [0.05, 0.1) is 6.61 Å². The predicted molar refractivity (Wildman–Crippen MR) is 78.6 cm³/mol. The molecule has 2 heterocycles. The Bertz CT molecular complexity index is 652. The van der Waals surface area contributed by atoms with Gasteiger partial charge >= 0.3 is 6.01 Å². The average molecular weight is 309 g/mol. The summed E-state index contributed by atoms with van der Waals surface area (Å²) in [5, 5.41) is 3.63. The van der Waals surface area contributed by atoms with E-state index in [4.69, 9.17) is 10.5 Å². The molecule has 0 aromatic carbocycles. The number of hydrogen-bond acceptors (Lipinski definition) is 9. The number of nitrogens with one attached hydrogen (secondary N) is 2. The topological polar surface area (TPSA) is 132 Å². The minimum absolute atomic E-state index is 0.132. The maximum Gasteiger partial charge on any atom is 0.322 e. The lowest BCUT2D eigenvalue weighted by atomic mass is 10.6. The van der Waals surface area contributed by atoms with Gasteiger partial charge in [-0.1, -0.05) is 0 Å². The van der Waals surface area contributed by atoms with E-state index in [2.05, 4.69) is 30.2 Å². The van der Waals surface area contributed by atoms with E-state index in [-0.39, 0.29) is 17.4 Å². The van der Waals surface area contributed by atoms with E-state index < -0.39 is 0 Å². The Labute approximate surface area is 124 Å². The molecule has 21 heavy (non-hydrogen) atoms. The quantitative estimate of drug-likeness (QED) is 0.653. The van der Waals surface area contributed by atoms with E-state index in [1.807, 2.05) is 13.8 Å². The van der Waals surface area contributed by atoms with Crippen LogP contribution < -0.4 is 21.3 Å². The molecule has 9 nitrogen and oxygen atoms in total. The van der Waals surface area contributed by atoms with Gasteiger partial charge in [-0.05, 0) is 25.6 Å². The second-order valence-corrected chi connectivity index (χ2v) is 4.72. The van der Waals surface area contributed by atoms with Gasteiger partial charge in [-0.15, -0.1) is 0 Å². The first-order chi connectivity index (χ1) is 10.1. The minimum Gasteiger partial charge on any atom is -0.464 e.